The van der Waals surface area contributed by atoms with E-state index in [0.717, 1.165) is 15.6 Å². The maximum absolute atomic E-state index is 10.9. The fourth-order valence-corrected chi connectivity index (χ4v) is 3.30. The molecule has 0 bridgehead atoms. The minimum absolute atomic E-state index is 0.391. The summed E-state index contributed by atoms with van der Waals surface area (Å²) in [5.41, 5.74) is 2.31. The molecule has 0 saturated carbocycles. The summed E-state index contributed by atoms with van der Waals surface area (Å²) in [5.74, 6) is -0.858. The van der Waals surface area contributed by atoms with E-state index in [2.05, 4.69) is 11.4 Å². The van der Waals surface area contributed by atoms with E-state index < -0.39 is 5.97 Å². The number of benzene rings is 1. The molecule has 1 aromatic carbocycles. The highest BCUT2D eigenvalue weighted by Crippen LogP contribution is 2.31. The van der Waals surface area contributed by atoms with Crippen molar-refractivity contribution in [2.45, 2.75) is 0 Å². The molecule has 0 aliphatic rings. The van der Waals surface area contributed by atoms with Gasteiger partial charge in [0.25, 0.3) is 0 Å². The van der Waals surface area contributed by atoms with Crippen LogP contribution in [0.5, 0.6) is 0 Å². The number of rotatable bonds is 2. The number of carboxylic acid groups (broad SMARTS) is 1. The molecule has 2 aromatic heterocycles. The van der Waals surface area contributed by atoms with Crippen LogP contribution < -0.4 is 0 Å². The molecule has 2 heterocycles. The van der Waals surface area contributed by atoms with Crippen molar-refractivity contribution in [3.63, 3.8) is 0 Å². The Morgan fingerprint density at radius 1 is 1.12 bits per heavy atom. The first-order chi connectivity index (χ1) is 8.24. The summed E-state index contributed by atoms with van der Waals surface area (Å²) < 4.78 is 1.02. The number of fused-ring (bicyclic) bond motifs is 1. The molecular weight excluding hydrogens is 252 g/mol. The summed E-state index contributed by atoms with van der Waals surface area (Å²) in [6.07, 6.45) is 0. The summed E-state index contributed by atoms with van der Waals surface area (Å²) in [5, 5.41) is 14.1. The van der Waals surface area contributed by atoms with Crippen LogP contribution in [0.1, 0.15) is 9.67 Å². The lowest BCUT2D eigenvalue weighted by atomic mass is 10.1. The van der Waals surface area contributed by atoms with E-state index in [1.54, 1.807) is 17.4 Å². The Balaban J connectivity index is 2.16. The van der Waals surface area contributed by atoms with Crippen molar-refractivity contribution >= 4 is 38.7 Å². The van der Waals surface area contributed by atoms with Crippen LogP contribution in [0.25, 0.3) is 21.2 Å². The molecule has 17 heavy (non-hydrogen) atoms. The van der Waals surface area contributed by atoms with Crippen molar-refractivity contribution in [3.8, 4) is 11.1 Å². The van der Waals surface area contributed by atoms with Gasteiger partial charge in [-0.25, -0.2) is 4.79 Å². The van der Waals surface area contributed by atoms with Crippen molar-refractivity contribution < 1.29 is 9.90 Å². The van der Waals surface area contributed by atoms with E-state index >= 15 is 0 Å². The van der Waals surface area contributed by atoms with E-state index in [9.17, 15) is 4.79 Å². The number of hydrogen-bond donors (Lipinski definition) is 1. The molecule has 3 rings (SSSR count). The maximum atomic E-state index is 10.9. The molecule has 0 fully saturated rings. The molecule has 0 unspecified atom stereocenters. The van der Waals surface area contributed by atoms with Gasteiger partial charge in [0.1, 0.15) is 4.88 Å². The molecule has 0 saturated heterocycles. The first-order valence-corrected chi connectivity index (χ1v) is 6.79. The smallest absolute Gasteiger partial charge is 0.345 e. The molecule has 0 aliphatic carbocycles. The summed E-state index contributed by atoms with van der Waals surface area (Å²) in [7, 11) is 0. The Morgan fingerprint density at radius 3 is 2.71 bits per heavy atom. The average Bonchev–Trinajstić information content (AvgIpc) is 2.97. The molecule has 1 N–H and O–H groups in total. The van der Waals surface area contributed by atoms with Gasteiger partial charge in [0.2, 0.25) is 0 Å². The zero-order chi connectivity index (χ0) is 11.8. The highest BCUT2D eigenvalue weighted by atomic mass is 32.1. The third-order valence-corrected chi connectivity index (χ3v) is 4.37. The molecule has 84 valence electrons. The van der Waals surface area contributed by atoms with Crippen LogP contribution in [0.3, 0.4) is 0 Å². The van der Waals surface area contributed by atoms with Crippen LogP contribution in [0.4, 0.5) is 0 Å². The van der Waals surface area contributed by atoms with Gasteiger partial charge in [-0.2, -0.15) is 11.3 Å². The zero-order valence-electron chi connectivity index (χ0n) is 8.71. The van der Waals surface area contributed by atoms with E-state index in [1.165, 1.54) is 16.9 Å². The number of thiophene rings is 2. The second-order valence-electron chi connectivity index (χ2n) is 3.68. The van der Waals surface area contributed by atoms with Gasteiger partial charge in [-0.3, -0.25) is 0 Å². The summed E-state index contributed by atoms with van der Waals surface area (Å²) in [6.45, 7) is 0. The lowest BCUT2D eigenvalue weighted by molar-refractivity contribution is 0.0702. The number of carbonyl (C=O) groups is 1. The van der Waals surface area contributed by atoms with Crippen LogP contribution in [0, 0.1) is 0 Å². The van der Waals surface area contributed by atoms with Crippen LogP contribution >= 0.6 is 22.7 Å². The van der Waals surface area contributed by atoms with E-state index in [0.29, 0.717) is 4.88 Å². The molecule has 4 heteroatoms. The lowest BCUT2D eigenvalue weighted by Crippen LogP contribution is -1.89. The lowest BCUT2D eigenvalue weighted by Gasteiger charge is -1.97. The Bertz CT molecular complexity index is 681. The van der Waals surface area contributed by atoms with Crippen molar-refractivity contribution in [3.05, 3.63) is 46.0 Å². The molecule has 0 radical (unpaired) electrons. The van der Waals surface area contributed by atoms with Crippen LogP contribution in [-0.4, -0.2) is 11.1 Å². The summed E-state index contributed by atoms with van der Waals surface area (Å²) in [6, 6.07) is 9.86. The van der Waals surface area contributed by atoms with Gasteiger partial charge in [-0.15, -0.1) is 11.3 Å². The zero-order valence-corrected chi connectivity index (χ0v) is 10.3. The fraction of sp³-hybridized carbons (Fsp3) is 0. The third-order valence-electron chi connectivity index (χ3n) is 2.58. The normalized spacial score (nSPS) is 10.8. The van der Waals surface area contributed by atoms with Gasteiger partial charge in [-0.05, 0) is 51.5 Å². The molecule has 0 amide bonds. The van der Waals surface area contributed by atoms with Gasteiger partial charge < -0.3 is 5.11 Å². The van der Waals surface area contributed by atoms with E-state index in [4.69, 9.17) is 5.11 Å². The fourth-order valence-electron chi connectivity index (χ4n) is 1.76. The largest absolute Gasteiger partial charge is 0.477 e. The Morgan fingerprint density at radius 2 is 2.00 bits per heavy atom. The van der Waals surface area contributed by atoms with Gasteiger partial charge in [0, 0.05) is 4.70 Å². The number of hydrogen-bond acceptors (Lipinski definition) is 3. The molecule has 2 nitrogen and oxygen atoms in total. The predicted octanol–water partition coefficient (Wildman–Crippen LogP) is 4.33. The van der Waals surface area contributed by atoms with Crippen molar-refractivity contribution in [1.29, 1.82) is 0 Å². The van der Waals surface area contributed by atoms with Gasteiger partial charge in [0.05, 0.1) is 0 Å². The van der Waals surface area contributed by atoms with Gasteiger partial charge >= 0.3 is 5.97 Å². The summed E-state index contributed by atoms with van der Waals surface area (Å²) >= 11 is 2.97. The number of aromatic carboxylic acids is 1. The van der Waals surface area contributed by atoms with Crippen molar-refractivity contribution in [2.75, 3.05) is 0 Å². The van der Waals surface area contributed by atoms with Crippen molar-refractivity contribution in [2.24, 2.45) is 0 Å². The molecular formula is C13H8O2S2. The highest BCUT2D eigenvalue weighted by molar-refractivity contribution is 7.20. The Hall–Kier alpha value is -1.65. The Kier molecular flexibility index (Phi) is 2.46. The number of carboxylic acids is 1. The second-order valence-corrected chi connectivity index (χ2v) is 5.54. The molecule has 3 aromatic rings. The Labute approximate surface area is 106 Å². The van der Waals surface area contributed by atoms with Crippen molar-refractivity contribution in [1.82, 2.24) is 0 Å². The van der Waals surface area contributed by atoms with Crippen LogP contribution in [-0.2, 0) is 0 Å². The first-order valence-electron chi connectivity index (χ1n) is 5.03. The molecule has 0 spiro atoms. The van der Waals surface area contributed by atoms with Crippen LogP contribution in [0.15, 0.2) is 41.1 Å². The van der Waals surface area contributed by atoms with Gasteiger partial charge in [-0.1, -0.05) is 6.07 Å². The van der Waals surface area contributed by atoms with Gasteiger partial charge in [0.15, 0.2) is 0 Å². The highest BCUT2D eigenvalue weighted by Gasteiger charge is 2.09. The third kappa shape index (κ3) is 1.85. The average molecular weight is 260 g/mol. The topological polar surface area (TPSA) is 37.3 Å². The maximum Gasteiger partial charge on any atom is 0.345 e. The monoisotopic (exact) mass is 260 g/mol. The quantitative estimate of drug-likeness (QED) is 0.744. The predicted molar refractivity (Wildman–Crippen MR) is 72.1 cm³/mol. The second kappa shape index (κ2) is 3.98. The minimum atomic E-state index is -0.858. The molecule has 0 aliphatic heterocycles. The van der Waals surface area contributed by atoms with E-state index in [-0.39, 0.29) is 0 Å². The van der Waals surface area contributed by atoms with E-state index in [1.807, 2.05) is 23.6 Å². The minimum Gasteiger partial charge on any atom is -0.477 e. The standard InChI is InChI=1S/C13H8O2S2/c14-13(15)12-6-10-5-8(1-2-11(10)17-12)9-3-4-16-7-9/h1-7H,(H,14,15). The summed E-state index contributed by atoms with van der Waals surface area (Å²) in [4.78, 5) is 11.3. The van der Waals surface area contributed by atoms with Crippen LogP contribution in [0.2, 0.25) is 0 Å². The molecule has 0 atom stereocenters. The SMILES string of the molecule is O=C(O)c1cc2cc(-c3ccsc3)ccc2s1. The first kappa shape index (κ1) is 10.5.